The Balaban J connectivity index is 1.91. The third-order valence-electron chi connectivity index (χ3n) is 3.49. The number of aliphatic hydroxyl groups is 1. The van der Waals surface area contributed by atoms with E-state index in [1.165, 1.54) is 50.3 Å². The molecule has 0 saturated heterocycles. The van der Waals surface area contributed by atoms with Crippen LogP contribution in [0.1, 0.15) is 57.8 Å². The van der Waals surface area contributed by atoms with Gasteiger partial charge in [-0.05, 0) is 25.0 Å². The summed E-state index contributed by atoms with van der Waals surface area (Å²) in [6.07, 6.45) is 10.4. The van der Waals surface area contributed by atoms with E-state index < -0.39 is 5.82 Å². The fourth-order valence-electron chi connectivity index (χ4n) is 2.22. The van der Waals surface area contributed by atoms with E-state index in [0.717, 1.165) is 25.7 Å². The minimum absolute atomic E-state index is 0.311. The molecule has 0 aliphatic heterocycles. The summed E-state index contributed by atoms with van der Waals surface area (Å²) in [4.78, 5) is 0. The summed E-state index contributed by atoms with van der Waals surface area (Å²) < 4.78 is 18.3. The number of ether oxygens (including phenoxy) is 1. The Bertz CT molecular complexity index is 382. The molecule has 0 radical (unpaired) electrons. The van der Waals surface area contributed by atoms with Crippen molar-refractivity contribution in [1.82, 2.24) is 0 Å². The van der Waals surface area contributed by atoms with E-state index in [4.69, 9.17) is 9.84 Å². The molecule has 0 spiro atoms. The highest BCUT2D eigenvalue weighted by atomic mass is 19.1. The SMILES string of the molecule is OCCCCCCCCCCCOc1ccc(F)c(O)c1. The molecule has 3 nitrogen and oxygen atoms in total. The summed E-state index contributed by atoms with van der Waals surface area (Å²) in [7, 11) is 0. The first-order valence-electron chi connectivity index (χ1n) is 7.96. The third kappa shape index (κ3) is 8.56. The van der Waals surface area contributed by atoms with Gasteiger partial charge in [-0.1, -0.05) is 44.9 Å². The predicted octanol–water partition coefficient (Wildman–Crippen LogP) is 4.41. The number of hydrogen-bond acceptors (Lipinski definition) is 3. The zero-order valence-electron chi connectivity index (χ0n) is 12.7. The average molecular weight is 298 g/mol. The van der Waals surface area contributed by atoms with Crippen molar-refractivity contribution in [2.75, 3.05) is 13.2 Å². The second-order valence-corrected chi connectivity index (χ2v) is 5.37. The first-order valence-corrected chi connectivity index (χ1v) is 7.96. The molecular formula is C17H27FO3. The molecular weight excluding hydrogens is 271 g/mol. The first-order chi connectivity index (χ1) is 10.2. The molecule has 4 heteroatoms. The number of phenols is 1. The van der Waals surface area contributed by atoms with E-state index in [0.29, 0.717) is 19.0 Å². The van der Waals surface area contributed by atoms with E-state index in [2.05, 4.69) is 0 Å². The lowest BCUT2D eigenvalue weighted by molar-refractivity contribution is 0.282. The summed E-state index contributed by atoms with van der Waals surface area (Å²) in [6, 6.07) is 4.05. The van der Waals surface area contributed by atoms with Gasteiger partial charge in [-0.25, -0.2) is 4.39 Å². The zero-order chi connectivity index (χ0) is 15.3. The highest BCUT2D eigenvalue weighted by Crippen LogP contribution is 2.22. The molecule has 0 aromatic heterocycles. The Morgan fingerprint density at radius 2 is 1.43 bits per heavy atom. The van der Waals surface area contributed by atoms with Gasteiger partial charge >= 0.3 is 0 Å². The Hall–Kier alpha value is -1.29. The zero-order valence-corrected chi connectivity index (χ0v) is 12.7. The quantitative estimate of drug-likeness (QED) is 0.562. The summed E-state index contributed by atoms with van der Waals surface area (Å²) in [5.41, 5.74) is 0. The van der Waals surface area contributed by atoms with E-state index in [9.17, 15) is 9.50 Å². The van der Waals surface area contributed by atoms with Crippen molar-refractivity contribution in [3.8, 4) is 11.5 Å². The van der Waals surface area contributed by atoms with E-state index in [-0.39, 0.29) is 5.75 Å². The lowest BCUT2D eigenvalue weighted by Crippen LogP contribution is -1.97. The number of phenolic OH excluding ortho intramolecular Hbond substituents is 1. The number of unbranched alkanes of at least 4 members (excludes halogenated alkanes) is 8. The fraction of sp³-hybridized carbons (Fsp3) is 0.647. The largest absolute Gasteiger partial charge is 0.505 e. The second-order valence-electron chi connectivity index (χ2n) is 5.37. The van der Waals surface area contributed by atoms with Crippen LogP contribution in [0.5, 0.6) is 11.5 Å². The number of benzene rings is 1. The predicted molar refractivity (Wildman–Crippen MR) is 82.2 cm³/mol. The Morgan fingerprint density at radius 3 is 2.00 bits per heavy atom. The number of hydrogen-bond donors (Lipinski definition) is 2. The lowest BCUT2D eigenvalue weighted by Gasteiger charge is -2.07. The van der Waals surface area contributed by atoms with Crippen molar-refractivity contribution in [2.24, 2.45) is 0 Å². The molecule has 0 heterocycles. The van der Waals surface area contributed by atoms with E-state index in [1.54, 1.807) is 0 Å². The van der Waals surface area contributed by atoms with Crippen LogP contribution < -0.4 is 4.74 Å². The van der Waals surface area contributed by atoms with Crippen molar-refractivity contribution in [1.29, 1.82) is 0 Å². The number of aliphatic hydroxyl groups excluding tert-OH is 1. The van der Waals surface area contributed by atoms with Crippen LogP contribution in [0.15, 0.2) is 18.2 Å². The molecule has 120 valence electrons. The molecule has 0 amide bonds. The van der Waals surface area contributed by atoms with Crippen LogP contribution in [-0.2, 0) is 0 Å². The molecule has 0 atom stereocenters. The number of rotatable bonds is 12. The molecule has 1 aromatic carbocycles. The van der Waals surface area contributed by atoms with Crippen molar-refractivity contribution < 1.29 is 19.3 Å². The minimum atomic E-state index is -0.624. The molecule has 0 bridgehead atoms. The lowest BCUT2D eigenvalue weighted by atomic mass is 10.1. The monoisotopic (exact) mass is 298 g/mol. The average Bonchev–Trinajstić information content (AvgIpc) is 2.48. The van der Waals surface area contributed by atoms with Gasteiger partial charge < -0.3 is 14.9 Å². The maximum Gasteiger partial charge on any atom is 0.165 e. The molecule has 0 aliphatic carbocycles. The summed E-state index contributed by atoms with van der Waals surface area (Å²) in [5, 5.41) is 17.9. The van der Waals surface area contributed by atoms with E-state index in [1.807, 2.05) is 0 Å². The van der Waals surface area contributed by atoms with Gasteiger partial charge in [-0.2, -0.15) is 0 Å². The van der Waals surface area contributed by atoms with Crippen LogP contribution in [-0.4, -0.2) is 23.4 Å². The second kappa shape index (κ2) is 11.4. The normalized spacial score (nSPS) is 10.8. The van der Waals surface area contributed by atoms with Crippen molar-refractivity contribution >= 4 is 0 Å². The van der Waals surface area contributed by atoms with Gasteiger partial charge in [-0.3, -0.25) is 0 Å². The van der Waals surface area contributed by atoms with E-state index >= 15 is 0 Å². The summed E-state index contributed by atoms with van der Waals surface area (Å²) >= 11 is 0. The molecule has 1 rings (SSSR count). The maximum absolute atomic E-state index is 12.8. The van der Waals surface area contributed by atoms with Gasteiger partial charge in [0.2, 0.25) is 0 Å². The van der Waals surface area contributed by atoms with Gasteiger partial charge in [0, 0.05) is 12.7 Å². The topological polar surface area (TPSA) is 49.7 Å². The van der Waals surface area contributed by atoms with Gasteiger partial charge in [0.1, 0.15) is 5.75 Å². The Labute approximate surface area is 126 Å². The van der Waals surface area contributed by atoms with Crippen molar-refractivity contribution in [2.45, 2.75) is 57.8 Å². The van der Waals surface area contributed by atoms with Gasteiger partial charge in [0.05, 0.1) is 6.61 Å². The van der Waals surface area contributed by atoms with Gasteiger partial charge in [0.15, 0.2) is 11.6 Å². The molecule has 2 N–H and O–H groups in total. The number of aromatic hydroxyl groups is 1. The Morgan fingerprint density at radius 1 is 0.857 bits per heavy atom. The fourth-order valence-corrected chi connectivity index (χ4v) is 2.22. The number of halogens is 1. The van der Waals surface area contributed by atoms with Crippen LogP contribution in [0.2, 0.25) is 0 Å². The molecule has 0 aliphatic rings. The molecule has 1 aromatic rings. The molecule has 0 fully saturated rings. The van der Waals surface area contributed by atoms with Gasteiger partial charge in [0.25, 0.3) is 0 Å². The molecule has 21 heavy (non-hydrogen) atoms. The summed E-state index contributed by atoms with van der Waals surface area (Å²) in [5.74, 6) is -0.479. The van der Waals surface area contributed by atoms with Crippen LogP contribution >= 0.6 is 0 Å². The van der Waals surface area contributed by atoms with Crippen LogP contribution in [0, 0.1) is 5.82 Å². The van der Waals surface area contributed by atoms with Crippen molar-refractivity contribution in [3.05, 3.63) is 24.0 Å². The van der Waals surface area contributed by atoms with Crippen LogP contribution in [0.4, 0.5) is 4.39 Å². The molecule has 0 unspecified atom stereocenters. The highest BCUT2D eigenvalue weighted by molar-refractivity contribution is 5.33. The third-order valence-corrected chi connectivity index (χ3v) is 3.49. The summed E-state index contributed by atoms with van der Waals surface area (Å²) in [6.45, 7) is 0.910. The smallest absolute Gasteiger partial charge is 0.165 e. The maximum atomic E-state index is 12.8. The van der Waals surface area contributed by atoms with Crippen LogP contribution in [0.3, 0.4) is 0 Å². The highest BCUT2D eigenvalue weighted by Gasteiger charge is 2.01. The standard InChI is InChI=1S/C17H27FO3/c18-16-11-10-15(14-17(16)20)21-13-9-7-5-3-1-2-4-6-8-12-19/h10-11,14,19-20H,1-9,12-13H2. The first kappa shape index (κ1) is 17.8. The Kier molecular flexibility index (Phi) is 9.62. The van der Waals surface area contributed by atoms with Gasteiger partial charge in [-0.15, -0.1) is 0 Å². The van der Waals surface area contributed by atoms with Crippen molar-refractivity contribution in [3.63, 3.8) is 0 Å². The van der Waals surface area contributed by atoms with Crippen LogP contribution in [0.25, 0.3) is 0 Å². The molecule has 0 saturated carbocycles. The minimum Gasteiger partial charge on any atom is -0.505 e.